The Kier molecular flexibility index (Phi) is 3.73. The Morgan fingerprint density at radius 3 is 2.60 bits per heavy atom. The van der Waals surface area contributed by atoms with Gasteiger partial charge in [-0.05, 0) is 12.1 Å². The van der Waals surface area contributed by atoms with E-state index in [1.54, 1.807) is 18.2 Å². The van der Waals surface area contributed by atoms with Crippen LogP contribution in [0, 0.1) is 0 Å². The maximum atomic E-state index is 12.7. The molecule has 0 unspecified atom stereocenters. The highest BCUT2D eigenvalue weighted by atomic mass is 19.4. The molecule has 0 saturated carbocycles. The summed E-state index contributed by atoms with van der Waals surface area (Å²) < 4.78 is 38.2. The summed E-state index contributed by atoms with van der Waals surface area (Å²) in [5.74, 6) is -1.62. The number of carbonyl (C=O) groups is 1. The first-order chi connectivity index (χ1) is 9.41. The minimum Gasteiger partial charge on any atom is -0.360 e. The highest BCUT2D eigenvalue weighted by Crippen LogP contribution is 2.30. The van der Waals surface area contributed by atoms with Gasteiger partial charge >= 0.3 is 6.18 Å². The first kappa shape index (κ1) is 14.0. The van der Waals surface area contributed by atoms with Crippen molar-refractivity contribution >= 4 is 22.6 Å². The van der Waals surface area contributed by atoms with Gasteiger partial charge in [-0.25, -0.2) is 9.97 Å². The Morgan fingerprint density at radius 2 is 1.95 bits per heavy atom. The van der Waals surface area contributed by atoms with E-state index in [2.05, 4.69) is 20.6 Å². The number of likely N-dealkylation sites (N-methyl/N-ethyl adjacent to an activating group) is 1. The molecule has 8 heteroatoms. The highest BCUT2D eigenvalue weighted by Gasteiger charge is 2.35. The van der Waals surface area contributed by atoms with Crippen molar-refractivity contribution in [3.63, 3.8) is 0 Å². The first-order valence-electron chi connectivity index (χ1n) is 5.70. The van der Waals surface area contributed by atoms with Crippen LogP contribution in [0.1, 0.15) is 5.82 Å². The molecule has 0 aliphatic carbocycles. The lowest BCUT2D eigenvalue weighted by Crippen LogP contribution is -2.27. The quantitative estimate of drug-likeness (QED) is 0.902. The molecule has 0 bridgehead atoms. The lowest BCUT2D eigenvalue weighted by atomic mass is 10.2. The molecule has 5 nitrogen and oxygen atoms in total. The monoisotopic (exact) mass is 284 g/mol. The molecule has 2 rings (SSSR count). The maximum absolute atomic E-state index is 12.7. The number of fused-ring (bicyclic) bond motifs is 1. The zero-order chi connectivity index (χ0) is 14.8. The van der Waals surface area contributed by atoms with Crippen LogP contribution in [0.4, 0.5) is 19.0 Å². The molecule has 1 amide bonds. The second-order valence-electron chi connectivity index (χ2n) is 3.94. The van der Waals surface area contributed by atoms with E-state index in [9.17, 15) is 18.0 Å². The average Bonchev–Trinajstić information content (AvgIpc) is 2.43. The summed E-state index contributed by atoms with van der Waals surface area (Å²) in [6.07, 6.45) is -4.65. The normalized spacial score (nSPS) is 11.4. The van der Waals surface area contributed by atoms with Crippen LogP contribution in [0.3, 0.4) is 0 Å². The number of amides is 1. The number of carbonyl (C=O) groups excluding carboxylic acids is 1. The molecule has 20 heavy (non-hydrogen) atoms. The number of benzene rings is 1. The molecule has 0 saturated heterocycles. The van der Waals surface area contributed by atoms with Crippen LogP contribution < -0.4 is 10.6 Å². The summed E-state index contributed by atoms with van der Waals surface area (Å²) in [6.45, 7) is -0.172. The van der Waals surface area contributed by atoms with E-state index in [0.29, 0.717) is 5.39 Å². The number of para-hydroxylation sites is 1. The molecule has 0 atom stereocenters. The lowest BCUT2D eigenvalue weighted by molar-refractivity contribution is -0.144. The number of hydrogen-bond acceptors (Lipinski definition) is 4. The van der Waals surface area contributed by atoms with Crippen LogP contribution in [0.15, 0.2) is 24.3 Å². The molecule has 106 valence electrons. The van der Waals surface area contributed by atoms with Gasteiger partial charge in [0.05, 0.1) is 12.1 Å². The van der Waals surface area contributed by atoms with E-state index >= 15 is 0 Å². The molecule has 1 heterocycles. The topological polar surface area (TPSA) is 66.9 Å². The third kappa shape index (κ3) is 2.95. The minimum atomic E-state index is -4.65. The van der Waals surface area contributed by atoms with Crippen molar-refractivity contribution in [2.45, 2.75) is 6.18 Å². The fourth-order valence-corrected chi connectivity index (χ4v) is 1.59. The maximum Gasteiger partial charge on any atom is 0.451 e. The lowest BCUT2D eigenvalue weighted by Gasteiger charge is -2.11. The van der Waals surface area contributed by atoms with Gasteiger partial charge in [-0.3, -0.25) is 4.79 Å². The number of hydrogen-bond donors (Lipinski definition) is 2. The minimum absolute atomic E-state index is 0.0217. The van der Waals surface area contributed by atoms with Crippen molar-refractivity contribution in [2.24, 2.45) is 0 Å². The van der Waals surface area contributed by atoms with Gasteiger partial charge in [0.2, 0.25) is 11.7 Å². The zero-order valence-electron chi connectivity index (χ0n) is 10.5. The SMILES string of the molecule is CNC(=O)CNc1nc(C(F)(F)F)nc2ccccc12. The van der Waals surface area contributed by atoms with Crippen molar-refractivity contribution < 1.29 is 18.0 Å². The summed E-state index contributed by atoms with van der Waals surface area (Å²) in [7, 11) is 1.43. The van der Waals surface area contributed by atoms with Gasteiger partial charge in [-0.15, -0.1) is 0 Å². The molecule has 1 aromatic carbocycles. The van der Waals surface area contributed by atoms with E-state index in [1.165, 1.54) is 13.1 Å². The number of alkyl halides is 3. The second-order valence-corrected chi connectivity index (χ2v) is 3.94. The van der Waals surface area contributed by atoms with Crippen molar-refractivity contribution in [3.05, 3.63) is 30.1 Å². The summed E-state index contributed by atoms with van der Waals surface area (Å²) in [6, 6.07) is 6.28. The van der Waals surface area contributed by atoms with Crippen LogP contribution in [0.5, 0.6) is 0 Å². The van der Waals surface area contributed by atoms with Crippen LogP contribution >= 0.6 is 0 Å². The van der Waals surface area contributed by atoms with E-state index in [1.807, 2.05) is 0 Å². The van der Waals surface area contributed by atoms with E-state index in [0.717, 1.165) is 0 Å². The number of aromatic nitrogens is 2. The standard InChI is InChI=1S/C12H11F3N4O/c1-16-9(20)6-17-10-7-4-2-3-5-8(7)18-11(19-10)12(13,14)15/h2-5H,6H2,1H3,(H,16,20)(H,17,18,19). The van der Waals surface area contributed by atoms with Crippen molar-refractivity contribution in [2.75, 3.05) is 18.9 Å². The van der Waals surface area contributed by atoms with Crippen LogP contribution in [0.2, 0.25) is 0 Å². The molecule has 2 aromatic rings. The van der Waals surface area contributed by atoms with Crippen LogP contribution in [-0.2, 0) is 11.0 Å². The van der Waals surface area contributed by atoms with E-state index in [4.69, 9.17) is 0 Å². The summed E-state index contributed by atoms with van der Waals surface area (Å²) in [5.41, 5.74) is 0.161. The molecule has 0 aliphatic heterocycles. The van der Waals surface area contributed by atoms with Crippen LogP contribution in [0.25, 0.3) is 10.9 Å². The van der Waals surface area contributed by atoms with Gasteiger partial charge in [0.15, 0.2) is 0 Å². The van der Waals surface area contributed by atoms with Crippen molar-refractivity contribution in [3.8, 4) is 0 Å². The van der Waals surface area contributed by atoms with Gasteiger partial charge in [0.25, 0.3) is 0 Å². The Bertz CT molecular complexity index is 642. The average molecular weight is 284 g/mol. The van der Waals surface area contributed by atoms with Crippen LogP contribution in [-0.4, -0.2) is 29.5 Å². The third-order valence-corrected chi connectivity index (χ3v) is 2.55. The van der Waals surface area contributed by atoms with Gasteiger partial charge in [-0.1, -0.05) is 12.1 Å². The van der Waals surface area contributed by atoms with Gasteiger partial charge in [0, 0.05) is 12.4 Å². The van der Waals surface area contributed by atoms with Crippen molar-refractivity contribution in [1.29, 1.82) is 0 Å². The van der Waals surface area contributed by atoms with Crippen molar-refractivity contribution in [1.82, 2.24) is 15.3 Å². The zero-order valence-corrected chi connectivity index (χ0v) is 10.5. The molecule has 2 N–H and O–H groups in total. The van der Waals surface area contributed by atoms with Gasteiger partial charge in [-0.2, -0.15) is 13.2 Å². The summed E-state index contributed by atoms with van der Waals surface area (Å²) in [5, 5.41) is 5.37. The molecule has 0 aliphatic rings. The molecular weight excluding hydrogens is 273 g/mol. The number of rotatable bonds is 3. The number of nitrogens with zero attached hydrogens (tertiary/aromatic N) is 2. The number of nitrogens with one attached hydrogen (secondary N) is 2. The molecule has 0 radical (unpaired) electrons. The predicted molar refractivity (Wildman–Crippen MR) is 67.1 cm³/mol. The largest absolute Gasteiger partial charge is 0.451 e. The third-order valence-electron chi connectivity index (χ3n) is 2.55. The number of halogens is 3. The summed E-state index contributed by atoms with van der Waals surface area (Å²) >= 11 is 0. The Labute approximate surface area is 112 Å². The Hall–Kier alpha value is -2.38. The van der Waals surface area contributed by atoms with Gasteiger partial charge < -0.3 is 10.6 Å². The molecular formula is C12H11F3N4O. The second kappa shape index (κ2) is 5.32. The highest BCUT2D eigenvalue weighted by molar-refractivity contribution is 5.90. The summed E-state index contributed by atoms with van der Waals surface area (Å²) in [4.78, 5) is 18.1. The molecule has 0 spiro atoms. The van der Waals surface area contributed by atoms with Gasteiger partial charge in [0.1, 0.15) is 5.82 Å². The predicted octanol–water partition coefficient (Wildman–Crippen LogP) is 1.81. The first-order valence-corrected chi connectivity index (χ1v) is 5.70. The Morgan fingerprint density at radius 1 is 1.25 bits per heavy atom. The molecule has 1 aromatic heterocycles. The smallest absolute Gasteiger partial charge is 0.360 e. The van der Waals surface area contributed by atoms with E-state index < -0.39 is 12.0 Å². The van der Waals surface area contributed by atoms with E-state index in [-0.39, 0.29) is 23.8 Å². The fraction of sp³-hybridized carbons (Fsp3) is 0.250. The molecule has 0 fully saturated rings. The number of anilines is 1. The Balaban J connectivity index is 2.47. The fourth-order valence-electron chi connectivity index (χ4n) is 1.59.